The van der Waals surface area contributed by atoms with Crippen LogP contribution in [0.4, 0.5) is 0 Å². The van der Waals surface area contributed by atoms with E-state index in [9.17, 15) is 4.79 Å². The molecule has 2 aromatic rings. The van der Waals surface area contributed by atoms with Crippen LogP contribution in [0, 0.1) is 5.92 Å². The van der Waals surface area contributed by atoms with Crippen molar-refractivity contribution < 1.29 is 13.9 Å². The van der Waals surface area contributed by atoms with Gasteiger partial charge < -0.3 is 9.15 Å². The van der Waals surface area contributed by atoms with E-state index in [4.69, 9.17) is 4.42 Å². The SMILES string of the molecule is COC(=O)c1ccc2cc(C3CC3C)oc2n1. The van der Waals surface area contributed by atoms with Gasteiger partial charge in [-0.05, 0) is 30.5 Å². The maximum atomic E-state index is 11.3. The van der Waals surface area contributed by atoms with Crippen LogP contribution in [0.1, 0.15) is 35.5 Å². The predicted molar refractivity (Wildman–Crippen MR) is 61.9 cm³/mol. The number of hydrogen-bond acceptors (Lipinski definition) is 4. The number of esters is 1. The van der Waals surface area contributed by atoms with Crippen molar-refractivity contribution in [1.29, 1.82) is 0 Å². The van der Waals surface area contributed by atoms with Gasteiger partial charge >= 0.3 is 5.97 Å². The quantitative estimate of drug-likeness (QED) is 0.746. The molecule has 4 heteroatoms. The number of carbonyl (C=O) groups excluding carboxylic acids is 1. The van der Waals surface area contributed by atoms with Crippen LogP contribution in [0.2, 0.25) is 0 Å². The summed E-state index contributed by atoms with van der Waals surface area (Å²) in [4.78, 5) is 15.5. The van der Waals surface area contributed by atoms with Crippen molar-refractivity contribution in [1.82, 2.24) is 4.98 Å². The zero-order valence-electron chi connectivity index (χ0n) is 9.77. The first-order valence-corrected chi connectivity index (χ1v) is 5.68. The third-order valence-electron chi connectivity index (χ3n) is 3.27. The van der Waals surface area contributed by atoms with Crippen molar-refractivity contribution in [3.63, 3.8) is 0 Å². The van der Waals surface area contributed by atoms with E-state index in [-0.39, 0.29) is 5.69 Å². The Morgan fingerprint density at radius 2 is 2.29 bits per heavy atom. The molecule has 2 heterocycles. The Morgan fingerprint density at radius 1 is 1.53 bits per heavy atom. The van der Waals surface area contributed by atoms with Gasteiger partial charge in [-0.15, -0.1) is 0 Å². The van der Waals surface area contributed by atoms with Crippen LogP contribution in [-0.2, 0) is 4.74 Å². The van der Waals surface area contributed by atoms with E-state index in [0.29, 0.717) is 17.5 Å². The summed E-state index contributed by atoms with van der Waals surface area (Å²) >= 11 is 0. The van der Waals surface area contributed by atoms with Gasteiger partial charge in [0, 0.05) is 11.3 Å². The van der Waals surface area contributed by atoms with E-state index in [0.717, 1.165) is 11.1 Å². The highest BCUT2D eigenvalue weighted by Gasteiger charge is 2.37. The molecule has 0 N–H and O–H groups in total. The molecule has 0 spiro atoms. The molecule has 4 nitrogen and oxygen atoms in total. The first kappa shape index (κ1) is 10.3. The number of hydrogen-bond donors (Lipinski definition) is 0. The van der Waals surface area contributed by atoms with Crippen molar-refractivity contribution in [2.75, 3.05) is 7.11 Å². The fourth-order valence-electron chi connectivity index (χ4n) is 2.06. The van der Waals surface area contributed by atoms with Crippen LogP contribution < -0.4 is 0 Å². The Kier molecular flexibility index (Phi) is 2.18. The molecule has 2 unspecified atom stereocenters. The summed E-state index contributed by atoms with van der Waals surface area (Å²) in [7, 11) is 1.34. The van der Waals surface area contributed by atoms with Gasteiger partial charge in [0.1, 0.15) is 5.76 Å². The lowest BCUT2D eigenvalue weighted by molar-refractivity contribution is 0.0594. The standard InChI is InChI=1S/C13H13NO3/c1-7-5-9(7)11-6-8-3-4-10(13(15)16-2)14-12(8)17-11/h3-4,6-7,9H,5H2,1-2H3. The van der Waals surface area contributed by atoms with Gasteiger partial charge in [0.25, 0.3) is 0 Å². The van der Waals surface area contributed by atoms with Crippen LogP contribution in [0.15, 0.2) is 22.6 Å². The fourth-order valence-corrected chi connectivity index (χ4v) is 2.06. The lowest BCUT2D eigenvalue weighted by Crippen LogP contribution is -2.03. The minimum atomic E-state index is -0.440. The number of fused-ring (bicyclic) bond motifs is 1. The smallest absolute Gasteiger partial charge is 0.356 e. The highest BCUT2D eigenvalue weighted by atomic mass is 16.5. The highest BCUT2D eigenvalue weighted by molar-refractivity contribution is 5.89. The number of pyridine rings is 1. The molecule has 17 heavy (non-hydrogen) atoms. The number of nitrogens with zero attached hydrogens (tertiary/aromatic N) is 1. The summed E-state index contributed by atoms with van der Waals surface area (Å²) in [6, 6.07) is 5.51. The number of ether oxygens (including phenoxy) is 1. The highest BCUT2D eigenvalue weighted by Crippen LogP contribution is 2.48. The number of rotatable bonds is 2. The maximum absolute atomic E-state index is 11.3. The van der Waals surface area contributed by atoms with Gasteiger partial charge in [-0.1, -0.05) is 6.92 Å². The van der Waals surface area contributed by atoms with Crippen molar-refractivity contribution in [3.05, 3.63) is 29.7 Å². The van der Waals surface area contributed by atoms with E-state index in [1.54, 1.807) is 6.07 Å². The molecular weight excluding hydrogens is 218 g/mol. The van der Waals surface area contributed by atoms with Crippen molar-refractivity contribution >= 4 is 17.1 Å². The number of furan rings is 1. The van der Waals surface area contributed by atoms with Gasteiger partial charge in [0.05, 0.1) is 7.11 Å². The van der Waals surface area contributed by atoms with E-state index in [1.807, 2.05) is 12.1 Å². The summed E-state index contributed by atoms with van der Waals surface area (Å²) in [6.07, 6.45) is 1.17. The summed E-state index contributed by atoms with van der Waals surface area (Å²) in [5.41, 5.74) is 0.798. The van der Waals surface area contributed by atoms with E-state index < -0.39 is 5.97 Å². The topological polar surface area (TPSA) is 52.3 Å². The molecule has 1 aliphatic rings. The molecule has 0 saturated heterocycles. The van der Waals surface area contributed by atoms with Gasteiger partial charge in [-0.2, -0.15) is 0 Å². The molecular formula is C13H13NO3. The lowest BCUT2D eigenvalue weighted by atomic mass is 10.2. The predicted octanol–water partition coefficient (Wildman–Crippen LogP) is 2.74. The second kappa shape index (κ2) is 3.58. The van der Waals surface area contributed by atoms with Crippen molar-refractivity contribution in [2.45, 2.75) is 19.3 Å². The lowest BCUT2D eigenvalue weighted by Gasteiger charge is -1.96. The minimum Gasteiger partial charge on any atom is -0.464 e. The second-order valence-corrected chi connectivity index (χ2v) is 4.55. The molecule has 1 saturated carbocycles. The summed E-state index contributed by atoms with van der Waals surface area (Å²) in [5.74, 6) is 1.74. The first-order valence-electron chi connectivity index (χ1n) is 5.68. The zero-order valence-corrected chi connectivity index (χ0v) is 9.77. The largest absolute Gasteiger partial charge is 0.464 e. The van der Waals surface area contributed by atoms with Crippen molar-refractivity contribution in [2.24, 2.45) is 5.92 Å². The molecule has 0 amide bonds. The third-order valence-corrected chi connectivity index (χ3v) is 3.27. The van der Waals surface area contributed by atoms with Gasteiger partial charge in [-0.3, -0.25) is 0 Å². The molecule has 0 bridgehead atoms. The Labute approximate surface area is 98.6 Å². The maximum Gasteiger partial charge on any atom is 0.356 e. The van der Waals surface area contributed by atoms with Crippen LogP contribution in [0.25, 0.3) is 11.1 Å². The number of aromatic nitrogens is 1. The second-order valence-electron chi connectivity index (χ2n) is 4.55. The molecule has 88 valence electrons. The first-order chi connectivity index (χ1) is 8.19. The Hall–Kier alpha value is -1.84. The molecule has 3 rings (SSSR count). The van der Waals surface area contributed by atoms with Crippen molar-refractivity contribution in [3.8, 4) is 0 Å². The average Bonchev–Trinajstić information content (AvgIpc) is 2.92. The Balaban J connectivity index is 2.01. The van der Waals surface area contributed by atoms with Crippen LogP contribution in [0.3, 0.4) is 0 Å². The van der Waals surface area contributed by atoms with Gasteiger partial charge in [-0.25, -0.2) is 9.78 Å². The van der Waals surface area contributed by atoms with E-state index >= 15 is 0 Å². The zero-order chi connectivity index (χ0) is 12.0. The fraction of sp³-hybridized carbons (Fsp3) is 0.385. The number of methoxy groups -OCH3 is 1. The van der Waals surface area contributed by atoms with E-state index in [1.165, 1.54) is 13.5 Å². The average molecular weight is 231 g/mol. The summed E-state index contributed by atoms with van der Waals surface area (Å²) < 4.78 is 10.3. The van der Waals surface area contributed by atoms with Crippen LogP contribution >= 0.6 is 0 Å². The molecule has 2 aromatic heterocycles. The molecule has 0 aromatic carbocycles. The van der Waals surface area contributed by atoms with Crippen LogP contribution in [-0.4, -0.2) is 18.1 Å². The molecule has 0 radical (unpaired) electrons. The van der Waals surface area contributed by atoms with Gasteiger partial charge in [0.2, 0.25) is 5.71 Å². The Bertz CT molecular complexity index is 587. The summed E-state index contributed by atoms with van der Waals surface area (Å²) in [5, 5.41) is 0.937. The van der Waals surface area contributed by atoms with Crippen LogP contribution in [0.5, 0.6) is 0 Å². The molecule has 1 fully saturated rings. The minimum absolute atomic E-state index is 0.282. The molecule has 1 aliphatic carbocycles. The normalized spacial score (nSPS) is 22.7. The molecule has 0 aliphatic heterocycles. The van der Waals surface area contributed by atoms with E-state index in [2.05, 4.69) is 16.6 Å². The molecule has 2 atom stereocenters. The van der Waals surface area contributed by atoms with Gasteiger partial charge in [0.15, 0.2) is 5.69 Å². The summed E-state index contributed by atoms with van der Waals surface area (Å²) in [6.45, 7) is 2.20. The third kappa shape index (κ3) is 1.69. The number of carbonyl (C=O) groups is 1. The Morgan fingerprint density at radius 3 is 2.94 bits per heavy atom. The monoisotopic (exact) mass is 231 g/mol.